The average Bonchev–Trinajstić information content (AvgIpc) is 2.59. The van der Waals surface area contributed by atoms with Crippen molar-refractivity contribution in [1.82, 2.24) is 4.90 Å². The van der Waals surface area contributed by atoms with Crippen molar-refractivity contribution >= 4 is 18.3 Å². The highest BCUT2D eigenvalue weighted by atomic mass is 35.5. The minimum Gasteiger partial charge on any atom is -0.366 e. The summed E-state index contributed by atoms with van der Waals surface area (Å²) >= 11 is 6.01. The fourth-order valence-electron chi connectivity index (χ4n) is 1.92. The van der Waals surface area contributed by atoms with E-state index < -0.39 is 17.3 Å². The molecule has 0 heterocycles. The maximum atomic E-state index is 12.7. The van der Waals surface area contributed by atoms with Gasteiger partial charge in [0, 0.05) is 19.4 Å². The molecule has 0 N–H and O–H groups in total. The van der Waals surface area contributed by atoms with E-state index in [0.717, 1.165) is 12.1 Å². The molecule has 0 aromatic heterocycles. The van der Waals surface area contributed by atoms with Crippen LogP contribution in [0.3, 0.4) is 0 Å². The van der Waals surface area contributed by atoms with Crippen molar-refractivity contribution in [2.75, 3.05) is 13.1 Å². The van der Waals surface area contributed by atoms with E-state index in [4.69, 9.17) is 16.3 Å². The van der Waals surface area contributed by atoms with E-state index in [1.165, 1.54) is 12.1 Å². The molecule has 0 bridgehead atoms. The van der Waals surface area contributed by atoms with Gasteiger partial charge in [0.05, 0.1) is 11.6 Å². The monoisotopic (exact) mass is 386 g/mol. The van der Waals surface area contributed by atoms with E-state index >= 15 is 0 Å². The van der Waals surface area contributed by atoms with Crippen LogP contribution in [0.15, 0.2) is 40.7 Å². The zero-order chi connectivity index (χ0) is 20.0. The Labute approximate surface area is 157 Å². The molecule has 3 nitrogen and oxygen atoms in total. The SMILES string of the molecule is C=N/C(C#CC(C)(C)OC)=C(/C)N(CCl)Cc1ccc(C(F)(F)F)cc1. The van der Waals surface area contributed by atoms with Crippen molar-refractivity contribution < 1.29 is 17.9 Å². The van der Waals surface area contributed by atoms with Gasteiger partial charge in [-0.15, -0.1) is 11.6 Å². The highest BCUT2D eigenvalue weighted by Gasteiger charge is 2.30. The van der Waals surface area contributed by atoms with E-state index in [1.807, 2.05) is 13.8 Å². The van der Waals surface area contributed by atoms with Crippen LogP contribution in [0.4, 0.5) is 13.2 Å². The van der Waals surface area contributed by atoms with Crippen LogP contribution in [-0.2, 0) is 17.5 Å². The van der Waals surface area contributed by atoms with Gasteiger partial charge in [-0.25, -0.2) is 0 Å². The number of alkyl halides is 4. The van der Waals surface area contributed by atoms with Crippen molar-refractivity contribution in [3.8, 4) is 11.8 Å². The van der Waals surface area contributed by atoms with E-state index in [-0.39, 0.29) is 6.00 Å². The summed E-state index contributed by atoms with van der Waals surface area (Å²) in [6.07, 6.45) is -4.36. The van der Waals surface area contributed by atoms with Gasteiger partial charge in [0.25, 0.3) is 0 Å². The predicted octanol–water partition coefficient (Wildman–Crippen LogP) is 5.06. The Bertz CT molecular complexity index is 713. The summed E-state index contributed by atoms with van der Waals surface area (Å²) in [5, 5.41) is 0. The zero-order valence-corrected chi connectivity index (χ0v) is 16.0. The minimum atomic E-state index is -4.36. The molecule has 0 saturated heterocycles. The van der Waals surface area contributed by atoms with Gasteiger partial charge in [0.15, 0.2) is 0 Å². The number of hydrogen-bond donors (Lipinski definition) is 0. The Morgan fingerprint density at radius 3 is 2.27 bits per heavy atom. The van der Waals surface area contributed by atoms with Gasteiger partial charge in [0.2, 0.25) is 0 Å². The Morgan fingerprint density at radius 1 is 1.27 bits per heavy atom. The lowest BCUT2D eigenvalue weighted by atomic mass is 10.1. The molecule has 1 aromatic rings. The van der Waals surface area contributed by atoms with Crippen molar-refractivity contribution in [3.05, 3.63) is 46.8 Å². The summed E-state index contributed by atoms with van der Waals surface area (Å²) in [6.45, 7) is 9.26. The third kappa shape index (κ3) is 6.40. The largest absolute Gasteiger partial charge is 0.416 e. The fourth-order valence-corrected chi connectivity index (χ4v) is 2.19. The van der Waals surface area contributed by atoms with Gasteiger partial charge in [0.1, 0.15) is 11.3 Å². The second kappa shape index (κ2) is 9.11. The fraction of sp³-hybridized carbons (Fsp3) is 0.421. The molecule has 0 aliphatic rings. The average molecular weight is 387 g/mol. The molecule has 142 valence electrons. The van der Waals surface area contributed by atoms with Crippen LogP contribution in [-0.4, -0.2) is 30.3 Å². The van der Waals surface area contributed by atoms with Gasteiger partial charge < -0.3 is 9.64 Å². The predicted molar refractivity (Wildman–Crippen MR) is 98.8 cm³/mol. The topological polar surface area (TPSA) is 24.8 Å². The molecular formula is C19H22ClF3N2O. The van der Waals surface area contributed by atoms with Crippen LogP contribution in [0.25, 0.3) is 0 Å². The normalized spacial score (nSPS) is 12.8. The molecule has 0 saturated carbocycles. The van der Waals surface area contributed by atoms with Gasteiger partial charge >= 0.3 is 6.18 Å². The van der Waals surface area contributed by atoms with E-state index in [2.05, 4.69) is 23.6 Å². The summed E-state index contributed by atoms with van der Waals surface area (Å²) in [5.74, 6) is 5.87. The third-order valence-electron chi connectivity index (χ3n) is 3.77. The highest BCUT2D eigenvalue weighted by molar-refractivity contribution is 6.17. The molecular weight excluding hydrogens is 365 g/mol. The van der Waals surface area contributed by atoms with Crippen LogP contribution in [0.2, 0.25) is 0 Å². The third-order valence-corrected chi connectivity index (χ3v) is 4.05. The van der Waals surface area contributed by atoms with Crippen LogP contribution in [0.5, 0.6) is 0 Å². The molecule has 0 amide bonds. The van der Waals surface area contributed by atoms with Gasteiger partial charge in [-0.05, 0) is 51.1 Å². The summed E-state index contributed by atoms with van der Waals surface area (Å²) in [5.41, 5.74) is 0.464. The zero-order valence-electron chi connectivity index (χ0n) is 15.2. The first-order valence-corrected chi connectivity index (χ1v) is 8.30. The maximum Gasteiger partial charge on any atom is 0.416 e. The highest BCUT2D eigenvalue weighted by Crippen LogP contribution is 2.29. The second-order valence-corrected chi connectivity index (χ2v) is 6.31. The first kappa shape index (κ1) is 22.1. The number of methoxy groups -OCH3 is 1. The molecule has 7 heteroatoms. The van der Waals surface area contributed by atoms with E-state index in [9.17, 15) is 13.2 Å². The smallest absolute Gasteiger partial charge is 0.366 e. The molecule has 0 aliphatic heterocycles. The minimum absolute atomic E-state index is 0.126. The van der Waals surface area contributed by atoms with Gasteiger partial charge in [-0.1, -0.05) is 18.1 Å². The Balaban J connectivity index is 3.07. The van der Waals surface area contributed by atoms with E-state index in [0.29, 0.717) is 23.5 Å². The summed E-state index contributed by atoms with van der Waals surface area (Å²) in [7, 11) is 1.56. The van der Waals surface area contributed by atoms with Crippen LogP contribution in [0.1, 0.15) is 31.9 Å². The van der Waals surface area contributed by atoms with Crippen LogP contribution < -0.4 is 0 Å². The molecule has 0 atom stereocenters. The van der Waals surface area contributed by atoms with E-state index in [1.54, 1.807) is 18.9 Å². The van der Waals surface area contributed by atoms with Crippen molar-refractivity contribution in [2.24, 2.45) is 4.99 Å². The first-order valence-electron chi connectivity index (χ1n) is 7.77. The standard InChI is InChI=1S/C19H22ClF3N2O/c1-14(17(24-4)10-11-18(2,3)26-5)25(13-20)12-15-6-8-16(9-7-15)19(21,22)23/h6-9H,4,12-13H2,1-3,5H3/b17-14-. The Morgan fingerprint density at radius 2 is 1.85 bits per heavy atom. The molecule has 0 unspecified atom stereocenters. The number of hydrogen-bond acceptors (Lipinski definition) is 3. The molecule has 0 radical (unpaired) electrons. The van der Waals surface area contributed by atoms with Crippen molar-refractivity contribution in [1.29, 1.82) is 0 Å². The molecule has 26 heavy (non-hydrogen) atoms. The second-order valence-electron chi connectivity index (χ2n) is 6.07. The first-order chi connectivity index (χ1) is 12.0. The molecule has 0 aliphatic carbocycles. The quantitative estimate of drug-likeness (QED) is 0.295. The Kier molecular flexibility index (Phi) is 7.73. The number of nitrogens with zero attached hydrogens (tertiary/aromatic N) is 2. The van der Waals surface area contributed by atoms with Gasteiger partial charge in [-0.2, -0.15) is 13.2 Å². The number of benzene rings is 1. The maximum absolute atomic E-state index is 12.7. The number of ether oxygens (including phenoxy) is 1. The molecule has 1 rings (SSSR count). The summed E-state index contributed by atoms with van der Waals surface area (Å²) < 4.78 is 43.2. The lowest BCUT2D eigenvalue weighted by Gasteiger charge is -2.23. The molecule has 0 fully saturated rings. The Hall–Kier alpha value is -1.97. The number of rotatable bonds is 6. The lowest BCUT2D eigenvalue weighted by molar-refractivity contribution is -0.137. The number of halogens is 4. The number of allylic oxidation sites excluding steroid dienone is 2. The molecule has 1 aromatic carbocycles. The summed E-state index contributed by atoms with van der Waals surface area (Å²) in [4.78, 5) is 5.69. The van der Waals surface area contributed by atoms with Crippen molar-refractivity contribution in [2.45, 2.75) is 39.1 Å². The van der Waals surface area contributed by atoms with Crippen molar-refractivity contribution in [3.63, 3.8) is 0 Å². The van der Waals surface area contributed by atoms with Crippen LogP contribution >= 0.6 is 11.6 Å². The summed E-state index contributed by atoms with van der Waals surface area (Å²) in [6, 6.07) is 5.08. The number of aliphatic imine (C=N–C) groups is 1. The van der Waals surface area contributed by atoms with Crippen LogP contribution in [0, 0.1) is 11.8 Å². The van der Waals surface area contributed by atoms with Gasteiger partial charge in [-0.3, -0.25) is 4.99 Å². The lowest BCUT2D eigenvalue weighted by Crippen LogP contribution is -2.21. The molecule has 0 spiro atoms.